The normalized spacial score (nSPS) is 10.5. The summed E-state index contributed by atoms with van der Waals surface area (Å²) in [5.74, 6) is -0.283. The molecule has 2 N–H and O–H groups in total. The van der Waals surface area contributed by atoms with E-state index in [0.717, 1.165) is 5.56 Å². The molecule has 2 heterocycles. The highest BCUT2D eigenvalue weighted by atomic mass is 35.5. The van der Waals surface area contributed by atoms with Gasteiger partial charge in [-0.1, -0.05) is 23.7 Å². The van der Waals surface area contributed by atoms with E-state index in [1.54, 1.807) is 24.4 Å². The SMILES string of the molecule is Cc1ccc(NC(=O)c2cc(-c3ccccn3)n[nH]2)cc1Cl. The molecule has 0 saturated heterocycles. The molecule has 0 aliphatic rings. The molecule has 0 unspecified atom stereocenters. The maximum absolute atomic E-state index is 12.2. The van der Waals surface area contributed by atoms with E-state index in [0.29, 0.717) is 27.8 Å². The zero-order chi connectivity index (χ0) is 15.5. The number of H-pyrrole nitrogens is 1. The summed E-state index contributed by atoms with van der Waals surface area (Å²) >= 11 is 6.05. The van der Waals surface area contributed by atoms with Crippen molar-refractivity contribution in [3.63, 3.8) is 0 Å². The van der Waals surface area contributed by atoms with Crippen molar-refractivity contribution in [2.24, 2.45) is 0 Å². The summed E-state index contributed by atoms with van der Waals surface area (Å²) in [4.78, 5) is 16.4. The Bertz CT molecular complexity index is 814. The maximum atomic E-state index is 12.2. The van der Waals surface area contributed by atoms with E-state index in [4.69, 9.17) is 11.6 Å². The molecule has 1 amide bonds. The molecule has 0 aliphatic carbocycles. The number of carbonyl (C=O) groups excluding carboxylic acids is 1. The Kier molecular flexibility index (Phi) is 3.89. The number of aromatic nitrogens is 3. The Labute approximate surface area is 132 Å². The summed E-state index contributed by atoms with van der Waals surface area (Å²) in [5, 5.41) is 10.2. The summed E-state index contributed by atoms with van der Waals surface area (Å²) < 4.78 is 0. The van der Waals surface area contributed by atoms with Crippen molar-refractivity contribution in [2.45, 2.75) is 6.92 Å². The van der Waals surface area contributed by atoms with Gasteiger partial charge < -0.3 is 5.32 Å². The third kappa shape index (κ3) is 2.99. The van der Waals surface area contributed by atoms with Gasteiger partial charge in [0.25, 0.3) is 5.91 Å². The van der Waals surface area contributed by atoms with Gasteiger partial charge in [0, 0.05) is 16.9 Å². The standard InChI is InChI=1S/C16H13ClN4O/c1-10-5-6-11(8-12(10)17)19-16(22)15-9-14(20-21-15)13-4-2-3-7-18-13/h2-9H,1H3,(H,19,22)(H,20,21). The van der Waals surface area contributed by atoms with Crippen molar-refractivity contribution in [1.82, 2.24) is 15.2 Å². The first-order valence-corrected chi connectivity index (χ1v) is 7.05. The van der Waals surface area contributed by atoms with Crippen LogP contribution in [0.15, 0.2) is 48.7 Å². The van der Waals surface area contributed by atoms with Gasteiger partial charge in [-0.3, -0.25) is 14.9 Å². The van der Waals surface area contributed by atoms with Crippen LogP contribution < -0.4 is 5.32 Å². The Morgan fingerprint density at radius 3 is 2.77 bits per heavy atom. The lowest BCUT2D eigenvalue weighted by molar-refractivity contribution is 0.102. The smallest absolute Gasteiger partial charge is 0.273 e. The number of hydrogen-bond acceptors (Lipinski definition) is 3. The Balaban J connectivity index is 1.78. The fourth-order valence-electron chi connectivity index (χ4n) is 1.95. The molecule has 0 radical (unpaired) electrons. The van der Waals surface area contributed by atoms with Crippen LogP contribution >= 0.6 is 11.6 Å². The van der Waals surface area contributed by atoms with Gasteiger partial charge in [-0.15, -0.1) is 0 Å². The highest BCUT2D eigenvalue weighted by Crippen LogP contribution is 2.21. The lowest BCUT2D eigenvalue weighted by Crippen LogP contribution is -2.12. The van der Waals surface area contributed by atoms with Crippen LogP contribution in [0.5, 0.6) is 0 Å². The van der Waals surface area contributed by atoms with Crippen LogP contribution in [0.25, 0.3) is 11.4 Å². The second kappa shape index (κ2) is 5.99. The summed E-state index contributed by atoms with van der Waals surface area (Å²) in [6.07, 6.45) is 1.68. The largest absolute Gasteiger partial charge is 0.321 e. The lowest BCUT2D eigenvalue weighted by Gasteiger charge is -2.05. The molecule has 3 aromatic rings. The van der Waals surface area contributed by atoms with E-state index in [2.05, 4.69) is 20.5 Å². The third-order valence-electron chi connectivity index (χ3n) is 3.18. The minimum absolute atomic E-state index is 0.283. The number of carbonyl (C=O) groups is 1. The van der Waals surface area contributed by atoms with E-state index in [1.807, 2.05) is 31.2 Å². The number of nitrogens with one attached hydrogen (secondary N) is 2. The van der Waals surface area contributed by atoms with Gasteiger partial charge in [0.1, 0.15) is 11.4 Å². The zero-order valence-corrected chi connectivity index (χ0v) is 12.6. The molecule has 0 aliphatic heterocycles. The number of halogens is 1. The molecular weight excluding hydrogens is 300 g/mol. The van der Waals surface area contributed by atoms with Crippen LogP contribution in [0.2, 0.25) is 5.02 Å². The van der Waals surface area contributed by atoms with Crippen molar-refractivity contribution in [2.75, 3.05) is 5.32 Å². The number of benzene rings is 1. The molecule has 0 fully saturated rings. The number of hydrogen-bond donors (Lipinski definition) is 2. The molecule has 0 atom stereocenters. The molecule has 22 heavy (non-hydrogen) atoms. The van der Waals surface area contributed by atoms with E-state index in [9.17, 15) is 4.79 Å². The van der Waals surface area contributed by atoms with Gasteiger partial charge in [0.2, 0.25) is 0 Å². The first-order chi connectivity index (χ1) is 10.6. The topological polar surface area (TPSA) is 70.7 Å². The van der Waals surface area contributed by atoms with E-state index < -0.39 is 0 Å². The minimum Gasteiger partial charge on any atom is -0.321 e. The highest BCUT2D eigenvalue weighted by Gasteiger charge is 2.12. The zero-order valence-electron chi connectivity index (χ0n) is 11.8. The summed E-state index contributed by atoms with van der Waals surface area (Å²) in [5.41, 5.74) is 3.27. The fourth-order valence-corrected chi connectivity index (χ4v) is 2.13. The van der Waals surface area contributed by atoms with Crippen LogP contribution in [-0.2, 0) is 0 Å². The van der Waals surface area contributed by atoms with E-state index in [-0.39, 0.29) is 5.91 Å². The molecule has 3 rings (SSSR count). The average Bonchev–Trinajstić information content (AvgIpc) is 3.02. The number of amides is 1. The number of aryl methyl sites for hydroxylation is 1. The maximum Gasteiger partial charge on any atom is 0.273 e. The van der Waals surface area contributed by atoms with Crippen LogP contribution in [0.4, 0.5) is 5.69 Å². The second-order valence-electron chi connectivity index (χ2n) is 4.80. The summed E-state index contributed by atoms with van der Waals surface area (Å²) in [6.45, 7) is 1.90. The number of pyridine rings is 1. The molecule has 0 saturated carbocycles. The van der Waals surface area contributed by atoms with E-state index in [1.165, 1.54) is 0 Å². The monoisotopic (exact) mass is 312 g/mol. The fraction of sp³-hybridized carbons (Fsp3) is 0.0625. The highest BCUT2D eigenvalue weighted by molar-refractivity contribution is 6.31. The number of anilines is 1. The molecule has 1 aromatic carbocycles. The third-order valence-corrected chi connectivity index (χ3v) is 3.59. The minimum atomic E-state index is -0.283. The van der Waals surface area contributed by atoms with Gasteiger partial charge in [-0.25, -0.2) is 0 Å². The van der Waals surface area contributed by atoms with Crippen molar-refractivity contribution < 1.29 is 4.79 Å². The molecule has 0 spiro atoms. The number of rotatable bonds is 3. The van der Waals surface area contributed by atoms with Gasteiger partial charge in [0.15, 0.2) is 0 Å². The molecule has 2 aromatic heterocycles. The van der Waals surface area contributed by atoms with Crippen LogP contribution in [0.1, 0.15) is 16.1 Å². The van der Waals surface area contributed by atoms with Gasteiger partial charge in [0.05, 0.1) is 5.69 Å². The van der Waals surface area contributed by atoms with Crippen molar-refractivity contribution in [3.8, 4) is 11.4 Å². The number of nitrogens with zero attached hydrogens (tertiary/aromatic N) is 2. The Morgan fingerprint density at radius 2 is 2.05 bits per heavy atom. The van der Waals surface area contributed by atoms with Crippen molar-refractivity contribution in [3.05, 3.63) is 64.9 Å². The Hall–Kier alpha value is -2.66. The van der Waals surface area contributed by atoms with E-state index >= 15 is 0 Å². The molecule has 6 heteroatoms. The van der Waals surface area contributed by atoms with Crippen molar-refractivity contribution >= 4 is 23.2 Å². The van der Waals surface area contributed by atoms with Gasteiger partial charge in [-0.2, -0.15) is 5.10 Å². The number of aromatic amines is 1. The van der Waals surface area contributed by atoms with Gasteiger partial charge >= 0.3 is 0 Å². The lowest BCUT2D eigenvalue weighted by atomic mass is 10.2. The van der Waals surface area contributed by atoms with Gasteiger partial charge in [-0.05, 0) is 42.8 Å². The predicted molar refractivity (Wildman–Crippen MR) is 86.0 cm³/mol. The second-order valence-corrected chi connectivity index (χ2v) is 5.21. The van der Waals surface area contributed by atoms with Crippen LogP contribution in [0, 0.1) is 6.92 Å². The average molecular weight is 313 g/mol. The Morgan fingerprint density at radius 1 is 1.18 bits per heavy atom. The summed E-state index contributed by atoms with van der Waals surface area (Å²) in [7, 11) is 0. The van der Waals surface area contributed by atoms with Crippen LogP contribution in [-0.4, -0.2) is 21.1 Å². The molecular formula is C16H13ClN4O. The van der Waals surface area contributed by atoms with Crippen LogP contribution in [0.3, 0.4) is 0 Å². The quantitative estimate of drug-likeness (QED) is 0.775. The predicted octanol–water partition coefficient (Wildman–Crippen LogP) is 3.69. The molecule has 110 valence electrons. The first kappa shape index (κ1) is 14.3. The summed E-state index contributed by atoms with van der Waals surface area (Å²) in [6, 6.07) is 12.5. The molecule has 5 nitrogen and oxygen atoms in total. The van der Waals surface area contributed by atoms with Crippen molar-refractivity contribution in [1.29, 1.82) is 0 Å². The molecule has 0 bridgehead atoms. The first-order valence-electron chi connectivity index (χ1n) is 6.68.